The van der Waals surface area contributed by atoms with Gasteiger partial charge in [-0.2, -0.15) is 0 Å². The zero-order valence-corrected chi connectivity index (χ0v) is 25.6. The van der Waals surface area contributed by atoms with E-state index in [0.29, 0.717) is 0 Å². The smallest absolute Gasteiger partial charge is 0.0972 e. The van der Waals surface area contributed by atoms with Crippen molar-refractivity contribution in [3.63, 3.8) is 0 Å². The van der Waals surface area contributed by atoms with Crippen molar-refractivity contribution in [2.24, 2.45) is 9.98 Å². The van der Waals surface area contributed by atoms with Crippen molar-refractivity contribution in [3.8, 4) is 22.5 Å². The number of aromatic nitrogens is 2. The van der Waals surface area contributed by atoms with Gasteiger partial charge in [0.1, 0.15) is 0 Å². The van der Waals surface area contributed by atoms with E-state index < -0.39 is 0 Å². The Morgan fingerprint density at radius 3 is 1.89 bits per heavy atom. The fraction of sp³-hybridized carbons (Fsp3) is 0.171. The molecule has 0 spiro atoms. The van der Waals surface area contributed by atoms with E-state index >= 15 is 0 Å². The third-order valence-corrected chi connectivity index (χ3v) is 10.0. The molecule has 0 fully saturated rings. The van der Waals surface area contributed by atoms with E-state index in [0.717, 1.165) is 110 Å². The van der Waals surface area contributed by atoms with Crippen molar-refractivity contribution in [2.75, 3.05) is 0 Å². The summed E-state index contributed by atoms with van der Waals surface area (Å²) >= 11 is 0. The predicted octanol–water partition coefficient (Wildman–Crippen LogP) is 9.94. The molecule has 4 aliphatic rings. The lowest BCUT2D eigenvalue weighted by Gasteiger charge is -2.20. The molecule has 0 saturated heterocycles. The standard InChI is InChI=1S/C41H32N4/c1-23-30-9-6-10-31(23)35-20-18-27-15-16-28-19-21-36(44-41(28)40(27)43-35)32-11-7-12-33(24(32)2)37-22-29-17-14-26-8-4-5-13-34(30)42-25(3)38(26)39(29)45-37/h4,6-12,15-16,18-21H,3,5,13-14,17,22H2,1-2H3/b8-4-,42-34?. The van der Waals surface area contributed by atoms with Gasteiger partial charge in [0.2, 0.25) is 0 Å². The van der Waals surface area contributed by atoms with Gasteiger partial charge in [-0.3, -0.25) is 9.98 Å². The molecule has 45 heavy (non-hydrogen) atoms. The average molecular weight is 581 g/mol. The SMILES string of the molecule is C=C1N=C2CC/C=C\C3=C1C1=C(CC3)CC(=N1)c1cccc(c1C)-c1ccc3ccc4ccc(nc4c3n1)-c1cccc2c1C. The molecule has 0 atom stereocenters. The van der Waals surface area contributed by atoms with Crippen LogP contribution >= 0.6 is 0 Å². The van der Waals surface area contributed by atoms with Crippen molar-refractivity contribution in [3.05, 3.63) is 142 Å². The van der Waals surface area contributed by atoms with Crippen LogP contribution in [0.3, 0.4) is 0 Å². The number of rotatable bonds is 0. The van der Waals surface area contributed by atoms with Crippen molar-refractivity contribution in [2.45, 2.75) is 46.0 Å². The molecular weight excluding hydrogens is 548 g/mol. The summed E-state index contributed by atoms with van der Waals surface area (Å²) < 4.78 is 0. The Labute approximate surface area is 263 Å². The van der Waals surface area contributed by atoms with Gasteiger partial charge in [-0.1, -0.05) is 79.4 Å². The second kappa shape index (κ2) is 9.90. The third kappa shape index (κ3) is 4.05. The highest BCUT2D eigenvalue weighted by Crippen LogP contribution is 2.43. The van der Waals surface area contributed by atoms with Gasteiger partial charge in [0.15, 0.2) is 0 Å². The van der Waals surface area contributed by atoms with Crippen LogP contribution in [0.25, 0.3) is 44.3 Å². The molecule has 3 aromatic carbocycles. The molecule has 0 amide bonds. The molecule has 3 aliphatic heterocycles. The molecule has 2 aromatic heterocycles. The third-order valence-electron chi connectivity index (χ3n) is 10.0. The summed E-state index contributed by atoms with van der Waals surface area (Å²) in [5.41, 5.74) is 18.5. The molecule has 5 aromatic rings. The van der Waals surface area contributed by atoms with Crippen LogP contribution in [0.1, 0.15) is 54.4 Å². The Kier molecular flexibility index (Phi) is 5.76. The Hall–Kier alpha value is -5.22. The van der Waals surface area contributed by atoms with Crippen molar-refractivity contribution in [1.82, 2.24) is 9.97 Å². The predicted molar refractivity (Wildman–Crippen MR) is 186 cm³/mol. The van der Waals surface area contributed by atoms with Crippen LogP contribution in [-0.4, -0.2) is 21.4 Å². The van der Waals surface area contributed by atoms with Gasteiger partial charge in [-0.15, -0.1) is 0 Å². The number of hydrogen-bond acceptors (Lipinski definition) is 4. The summed E-state index contributed by atoms with van der Waals surface area (Å²) in [5, 5.41) is 2.17. The maximum atomic E-state index is 5.37. The molecule has 9 rings (SSSR count). The van der Waals surface area contributed by atoms with Crippen molar-refractivity contribution < 1.29 is 0 Å². The number of nitrogens with zero attached hydrogens (tertiary/aromatic N) is 4. The van der Waals surface area contributed by atoms with Gasteiger partial charge in [0.05, 0.1) is 39.5 Å². The maximum absolute atomic E-state index is 5.37. The van der Waals surface area contributed by atoms with Gasteiger partial charge < -0.3 is 0 Å². The monoisotopic (exact) mass is 580 g/mol. The summed E-state index contributed by atoms with van der Waals surface area (Å²) in [5.74, 6) is 0. The Morgan fingerprint density at radius 1 is 0.622 bits per heavy atom. The minimum absolute atomic E-state index is 0.809. The Bertz CT molecular complexity index is 2330. The lowest BCUT2D eigenvalue weighted by molar-refractivity contribution is 0.879. The normalized spacial score (nSPS) is 17.9. The fourth-order valence-electron chi connectivity index (χ4n) is 7.62. The van der Waals surface area contributed by atoms with Crippen LogP contribution in [0.5, 0.6) is 0 Å². The molecule has 0 N–H and O–H groups in total. The number of pyridine rings is 2. The van der Waals surface area contributed by atoms with E-state index in [9.17, 15) is 0 Å². The Morgan fingerprint density at radius 2 is 1.22 bits per heavy atom. The van der Waals surface area contributed by atoms with Crippen molar-refractivity contribution >= 4 is 33.2 Å². The number of benzene rings is 3. The fourth-order valence-corrected chi connectivity index (χ4v) is 7.62. The van der Waals surface area contributed by atoms with E-state index in [1.54, 1.807) is 0 Å². The second-order valence-electron chi connectivity index (χ2n) is 12.6. The Balaban J connectivity index is 1.37. The first-order valence-corrected chi connectivity index (χ1v) is 15.9. The van der Waals surface area contributed by atoms with Gasteiger partial charge >= 0.3 is 0 Å². The summed E-state index contributed by atoms with van der Waals surface area (Å²) in [6.07, 6.45) is 9.24. The van der Waals surface area contributed by atoms with Gasteiger partial charge in [0.25, 0.3) is 0 Å². The first-order chi connectivity index (χ1) is 22.0. The average Bonchev–Trinajstić information content (AvgIpc) is 3.51. The molecular formula is C41H32N4. The number of hydrogen-bond donors (Lipinski definition) is 0. The van der Waals surface area contributed by atoms with E-state index in [1.807, 2.05) is 0 Å². The van der Waals surface area contributed by atoms with Crippen LogP contribution in [0, 0.1) is 13.8 Å². The first-order valence-electron chi connectivity index (χ1n) is 15.9. The lowest BCUT2D eigenvalue weighted by atomic mass is 9.86. The van der Waals surface area contributed by atoms with E-state index in [1.165, 1.54) is 27.8 Å². The highest BCUT2D eigenvalue weighted by Gasteiger charge is 2.30. The number of aliphatic imine (C=N–C) groups is 2. The van der Waals surface area contributed by atoms with E-state index in [2.05, 4.69) is 105 Å². The molecule has 4 nitrogen and oxygen atoms in total. The summed E-state index contributed by atoms with van der Waals surface area (Å²) in [7, 11) is 0. The maximum Gasteiger partial charge on any atom is 0.0972 e. The zero-order valence-electron chi connectivity index (χ0n) is 25.6. The quantitative estimate of drug-likeness (QED) is 0.171. The topological polar surface area (TPSA) is 50.5 Å². The number of fused-ring (bicyclic) bond motifs is 11. The van der Waals surface area contributed by atoms with Crippen LogP contribution < -0.4 is 0 Å². The van der Waals surface area contributed by atoms with Crippen LogP contribution in [0.4, 0.5) is 0 Å². The summed E-state index contributed by atoms with van der Waals surface area (Å²) in [4.78, 5) is 21.3. The van der Waals surface area contributed by atoms with E-state index in [4.69, 9.17) is 20.0 Å². The minimum atomic E-state index is 0.809. The van der Waals surface area contributed by atoms with Crippen LogP contribution in [0.15, 0.2) is 130 Å². The van der Waals surface area contributed by atoms with E-state index in [-0.39, 0.29) is 0 Å². The van der Waals surface area contributed by atoms with Crippen molar-refractivity contribution in [1.29, 1.82) is 0 Å². The lowest BCUT2D eigenvalue weighted by Crippen LogP contribution is -2.07. The molecule has 216 valence electrons. The van der Waals surface area contributed by atoms with Crippen LogP contribution in [0.2, 0.25) is 0 Å². The van der Waals surface area contributed by atoms with Crippen LogP contribution in [-0.2, 0) is 0 Å². The molecule has 12 bridgehead atoms. The molecule has 0 unspecified atom stereocenters. The summed E-state index contributed by atoms with van der Waals surface area (Å²) in [6, 6.07) is 26.0. The largest absolute Gasteiger partial charge is 0.253 e. The molecule has 0 saturated carbocycles. The highest BCUT2D eigenvalue weighted by atomic mass is 14.9. The molecule has 4 heteroatoms. The molecule has 0 radical (unpaired) electrons. The first kappa shape index (κ1) is 26.2. The molecule has 5 heterocycles. The van der Waals surface area contributed by atoms with Gasteiger partial charge in [-0.05, 0) is 85.1 Å². The molecule has 1 aliphatic carbocycles. The highest BCUT2D eigenvalue weighted by molar-refractivity contribution is 6.08. The van der Waals surface area contributed by atoms with Gasteiger partial charge in [-0.25, -0.2) is 9.97 Å². The number of allylic oxidation sites excluding steroid dienone is 4. The minimum Gasteiger partial charge on any atom is -0.253 e. The zero-order chi connectivity index (χ0) is 30.2. The summed E-state index contributed by atoms with van der Waals surface area (Å²) in [6.45, 7) is 8.98. The van der Waals surface area contributed by atoms with Gasteiger partial charge in [0, 0.05) is 39.6 Å². The second-order valence-corrected chi connectivity index (χ2v) is 12.6.